The Labute approximate surface area is 112 Å². The van der Waals surface area contributed by atoms with Crippen LogP contribution < -0.4 is 5.73 Å². The highest BCUT2D eigenvalue weighted by Crippen LogP contribution is 2.32. The van der Waals surface area contributed by atoms with Crippen LogP contribution in [0.4, 0.5) is 5.69 Å². The minimum absolute atomic E-state index is 0.118. The summed E-state index contributed by atoms with van der Waals surface area (Å²) < 4.78 is 1.36. The summed E-state index contributed by atoms with van der Waals surface area (Å²) in [6, 6.07) is 4.94. The predicted octanol–water partition coefficient (Wildman–Crippen LogP) is 3.29. The van der Waals surface area contributed by atoms with Crippen molar-refractivity contribution in [3.8, 4) is 11.8 Å². The maximum absolute atomic E-state index is 8.77. The van der Waals surface area contributed by atoms with Crippen LogP contribution in [0.5, 0.6) is 0 Å². The number of nitriles is 1. The van der Waals surface area contributed by atoms with Gasteiger partial charge in [0, 0.05) is 5.02 Å². The molecule has 0 fully saturated rings. The first kappa shape index (κ1) is 12.1. The smallest absolute Gasteiger partial charge is 0.185 e. The zero-order valence-corrected chi connectivity index (χ0v) is 10.6. The van der Waals surface area contributed by atoms with Gasteiger partial charge in [0.25, 0.3) is 0 Å². The number of nitrogen functional groups attached to an aromatic ring is 1. The van der Waals surface area contributed by atoms with Gasteiger partial charge in [-0.15, -0.1) is 0 Å². The zero-order chi connectivity index (χ0) is 12.6. The molecule has 0 bridgehead atoms. The predicted molar refractivity (Wildman–Crippen MR) is 67.7 cm³/mol. The maximum atomic E-state index is 8.77. The number of halogens is 3. The van der Waals surface area contributed by atoms with Crippen molar-refractivity contribution < 1.29 is 0 Å². The Morgan fingerprint density at radius 1 is 1.24 bits per heavy atom. The highest BCUT2D eigenvalue weighted by Gasteiger charge is 2.13. The molecule has 2 N–H and O–H groups in total. The van der Waals surface area contributed by atoms with Gasteiger partial charge in [0.05, 0.1) is 21.9 Å². The molecule has 17 heavy (non-hydrogen) atoms. The monoisotopic (exact) mass is 286 g/mol. The van der Waals surface area contributed by atoms with Crippen LogP contribution >= 0.6 is 34.8 Å². The fraction of sp³-hybridized carbons (Fsp3) is 0. The van der Waals surface area contributed by atoms with Crippen LogP contribution in [0.3, 0.4) is 0 Å². The van der Waals surface area contributed by atoms with Crippen molar-refractivity contribution >= 4 is 40.5 Å². The number of aromatic nitrogens is 2. The normalized spacial score (nSPS) is 10.2. The van der Waals surface area contributed by atoms with Gasteiger partial charge in [0.15, 0.2) is 5.69 Å². The Morgan fingerprint density at radius 3 is 2.29 bits per heavy atom. The third-order valence-corrected chi connectivity index (χ3v) is 2.85. The van der Waals surface area contributed by atoms with Gasteiger partial charge in [0.2, 0.25) is 0 Å². The number of nitrogens with two attached hydrogens (primary N) is 1. The van der Waals surface area contributed by atoms with E-state index >= 15 is 0 Å². The number of hydrogen-bond acceptors (Lipinski definition) is 3. The molecule has 7 heteroatoms. The number of hydrogen-bond donors (Lipinski definition) is 1. The van der Waals surface area contributed by atoms with Crippen LogP contribution in [0.2, 0.25) is 15.1 Å². The molecule has 0 aliphatic carbocycles. The third kappa shape index (κ3) is 2.18. The van der Waals surface area contributed by atoms with E-state index in [9.17, 15) is 0 Å². The molecular weight excluding hydrogens is 282 g/mol. The average molecular weight is 288 g/mol. The molecule has 0 saturated heterocycles. The molecule has 0 spiro atoms. The standard InChI is InChI=1S/C10H5Cl3N4/c11-5-1-6(12)10(7(13)2-5)17-4-8(15)9(3-14)16-17/h1-2,4H,15H2. The molecule has 0 unspecified atom stereocenters. The molecule has 0 aliphatic heterocycles. The Balaban J connectivity index is 2.65. The molecule has 0 saturated carbocycles. The third-order valence-electron chi connectivity index (χ3n) is 2.06. The van der Waals surface area contributed by atoms with Gasteiger partial charge in [-0.1, -0.05) is 34.8 Å². The molecule has 2 rings (SSSR count). The molecule has 0 amide bonds. The molecule has 86 valence electrons. The van der Waals surface area contributed by atoms with Crippen molar-refractivity contribution in [3.05, 3.63) is 39.1 Å². The maximum Gasteiger partial charge on any atom is 0.185 e. The summed E-state index contributed by atoms with van der Waals surface area (Å²) in [5.74, 6) is 0. The van der Waals surface area contributed by atoms with E-state index in [0.29, 0.717) is 20.8 Å². The molecule has 0 atom stereocenters. The van der Waals surface area contributed by atoms with Gasteiger partial charge in [-0.05, 0) is 12.1 Å². The number of anilines is 1. The number of benzene rings is 1. The molecule has 2 aromatic rings. The van der Waals surface area contributed by atoms with E-state index < -0.39 is 0 Å². The van der Waals surface area contributed by atoms with Crippen molar-refractivity contribution in [1.29, 1.82) is 5.26 Å². The van der Waals surface area contributed by atoms with Crippen LogP contribution in [-0.4, -0.2) is 9.78 Å². The average Bonchev–Trinajstić information content (AvgIpc) is 2.57. The Kier molecular flexibility index (Phi) is 3.16. The summed E-state index contributed by atoms with van der Waals surface area (Å²) in [6.07, 6.45) is 1.47. The van der Waals surface area contributed by atoms with E-state index in [1.54, 1.807) is 0 Å². The minimum atomic E-state index is 0.118. The lowest BCUT2D eigenvalue weighted by atomic mass is 10.3. The molecular formula is C10H5Cl3N4. The second kappa shape index (κ2) is 4.46. The zero-order valence-electron chi connectivity index (χ0n) is 8.28. The van der Waals surface area contributed by atoms with E-state index in [-0.39, 0.29) is 11.4 Å². The van der Waals surface area contributed by atoms with Gasteiger partial charge >= 0.3 is 0 Å². The molecule has 0 radical (unpaired) electrons. The Morgan fingerprint density at radius 2 is 1.82 bits per heavy atom. The summed E-state index contributed by atoms with van der Waals surface area (Å²) in [5.41, 5.74) is 6.41. The Bertz CT molecular complexity index is 604. The van der Waals surface area contributed by atoms with Crippen molar-refractivity contribution in [2.75, 3.05) is 5.73 Å². The summed E-state index contributed by atoms with van der Waals surface area (Å²) in [6.45, 7) is 0. The van der Waals surface area contributed by atoms with Crippen molar-refractivity contribution in [1.82, 2.24) is 9.78 Å². The topological polar surface area (TPSA) is 67.6 Å². The quantitative estimate of drug-likeness (QED) is 0.875. The minimum Gasteiger partial charge on any atom is -0.395 e. The SMILES string of the molecule is N#Cc1nn(-c2c(Cl)cc(Cl)cc2Cl)cc1N. The largest absolute Gasteiger partial charge is 0.395 e. The van der Waals surface area contributed by atoms with Crippen LogP contribution in [0.25, 0.3) is 5.69 Å². The van der Waals surface area contributed by atoms with Gasteiger partial charge in [-0.25, -0.2) is 4.68 Å². The summed E-state index contributed by atoms with van der Waals surface area (Å²) in [4.78, 5) is 0. The van der Waals surface area contributed by atoms with Crippen LogP contribution in [0, 0.1) is 11.3 Å². The van der Waals surface area contributed by atoms with Gasteiger partial charge in [-0.2, -0.15) is 10.4 Å². The molecule has 0 aliphatic rings. The Hall–Kier alpha value is -1.41. The van der Waals surface area contributed by atoms with E-state index in [2.05, 4.69) is 5.10 Å². The fourth-order valence-electron chi connectivity index (χ4n) is 1.34. The second-order valence-electron chi connectivity index (χ2n) is 3.21. The van der Waals surface area contributed by atoms with Gasteiger partial charge in [-0.3, -0.25) is 0 Å². The van der Waals surface area contributed by atoms with E-state index in [1.165, 1.54) is 23.0 Å². The van der Waals surface area contributed by atoms with Crippen LogP contribution in [0.15, 0.2) is 18.3 Å². The van der Waals surface area contributed by atoms with Gasteiger partial charge in [0.1, 0.15) is 11.8 Å². The molecule has 4 nitrogen and oxygen atoms in total. The summed E-state index contributed by atoms with van der Waals surface area (Å²) in [7, 11) is 0. The first-order chi connectivity index (χ1) is 8.02. The highest BCUT2D eigenvalue weighted by molar-refractivity contribution is 6.40. The second-order valence-corrected chi connectivity index (χ2v) is 4.46. The van der Waals surface area contributed by atoms with Gasteiger partial charge < -0.3 is 5.73 Å². The fourth-order valence-corrected chi connectivity index (χ4v) is 2.33. The number of nitrogens with zero attached hydrogens (tertiary/aromatic N) is 3. The van der Waals surface area contributed by atoms with E-state index in [1.807, 2.05) is 6.07 Å². The van der Waals surface area contributed by atoms with Crippen molar-refractivity contribution in [2.24, 2.45) is 0 Å². The lowest BCUT2D eigenvalue weighted by Crippen LogP contribution is -1.97. The van der Waals surface area contributed by atoms with Crippen molar-refractivity contribution in [3.63, 3.8) is 0 Å². The molecule has 1 aromatic carbocycles. The molecule has 1 aromatic heterocycles. The lowest BCUT2D eigenvalue weighted by Gasteiger charge is -2.07. The lowest BCUT2D eigenvalue weighted by molar-refractivity contribution is 0.873. The molecule has 1 heterocycles. The highest BCUT2D eigenvalue weighted by atomic mass is 35.5. The number of rotatable bonds is 1. The first-order valence-corrected chi connectivity index (χ1v) is 5.56. The van der Waals surface area contributed by atoms with E-state index in [4.69, 9.17) is 45.8 Å². The first-order valence-electron chi connectivity index (χ1n) is 4.43. The van der Waals surface area contributed by atoms with Crippen LogP contribution in [-0.2, 0) is 0 Å². The van der Waals surface area contributed by atoms with E-state index in [0.717, 1.165) is 0 Å². The summed E-state index contributed by atoms with van der Waals surface area (Å²) in [5, 5.41) is 13.8. The summed E-state index contributed by atoms with van der Waals surface area (Å²) >= 11 is 17.8. The van der Waals surface area contributed by atoms with Crippen molar-refractivity contribution in [2.45, 2.75) is 0 Å². The van der Waals surface area contributed by atoms with Crippen LogP contribution in [0.1, 0.15) is 5.69 Å².